The molecule has 0 aliphatic carbocycles. The Labute approximate surface area is 195 Å². The van der Waals surface area contributed by atoms with Crippen molar-refractivity contribution in [2.24, 2.45) is 0 Å². The van der Waals surface area contributed by atoms with Gasteiger partial charge in [0.2, 0.25) is 10.0 Å². The zero-order valence-corrected chi connectivity index (χ0v) is 19.7. The third-order valence-electron chi connectivity index (χ3n) is 5.63. The molecule has 0 atom stereocenters. The maximum atomic E-state index is 13.0. The van der Waals surface area contributed by atoms with Crippen LogP contribution >= 0.6 is 11.6 Å². The van der Waals surface area contributed by atoms with Gasteiger partial charge in [-0.2, -0.15) is 4.31 Å². The quantitative estimate of drug-likeness (QED) is 0.398. The summed E-state index contributed by atoms with van der Waals surface area (Å²) in [5.74, 6) is -0.740. The van der Waals surface area contributed by atoms with Crippen molar-refractivity contribution in [1.29, 1.82) is 0 Å². The number of fused-ring (bicyclic) bond motifs is 1. The topological polar surface area (TPSA) is 103 Å². The highest BCUT2D eigenvalue weighted by Gasteiger charge is 2.29. The summed E-state index contributed by atoms with van der Waals surface area (Å²) in [4.78, 5) is 24.6. The highest BCUT2D eigenvalue weighted by Crippen LogP contribution is 2.28. The number of carbonyl (C=O) groups is 1. The number of benzene rings is 2. The Morgan fingerprint density at radius 1 is 1.12 bits per heavy atom. The monoisotopic (exact) mass is 491 g/mol. The fraction of sp³-hybridized carbons (Fsp3) is 0.304. The molecular formula is C23H22ClNO7S. The third-order valence-corrected chi connectivity index (χ3v) is 8.01. The molecule has 0 radical (unpaired) electrons. The number of halogens is 1. The predicted molar refractivity (Wildman–Crippen MR) is 122 cm³/mol. The van der Waals surface area contributed by atoms with Crippen LogP contribution in [0, 0.1) is 13.8 Å². The number of rotatable bonds is 5. The van der Waals surface area contributed by atoms with Crippen molar-refractivity contribution in [1.82, 2.24) is 4.31 Å². The molecule has 0 bridgehead atoms. The van der Waals surface area contributed by atoms with Crippen LogP contribution < -0.4 is 5.63 Å². The van der Waals surface area contributed by atoms with Crippen LogP contribution in [0.4, 0.5) is 0 Å². The average molecular weight is 492 g/mol. The highest BCUT2D eigenvalue weighted by atomic mass is 35.5. The van der Waals surface area contributed by atoms with Gasteiger partial charge in [-0.3, -0.25) is 0 Å². The van der Waals surface area contributed by atoms with Gasteiger partial charge in [0.15, 0.2) is 0 Å². The van der Waals surface area contributed by atoms with Gasteiger partial charge in [-0.05, 0) is 43.2 Å². The van der Waals surface area contributed by atoms with Gasteiger partial charge >= 0.3 is 11.6 Å². The fourth-order valence-electron chi connectivity index (χ4n) is 3.62. The van der Waals surface area contributed by atoms with Crippen molar-refractivity contribution in [3.63, 3.8) is 0 Å². The molecule has 3 aromatic rings. The van der Waals surface area contributed by atoms with Crippen LogP contribution in [0.3, 0.4) is 0 Å². The van der Waals surface area contributed by atoms with E-state index in [1.165, 1.54) is 28.6 Å². The molecule has 0 spiro atoms. The first-order chi connectivity index (χ1) is 15.7. The number of sulfonamides is 1. The van der Waals surface area contributed by atoms with Crippen molar-refractivity contribution < 1.29 is 27.1 Å². The summed E-state index contributed by atoms with van der Waals surface area (Å²) in [5.41, 5.74) is 2.22. The van der Waals surface area contributed by atoms with Crippen molar-refractivity contribution in [2.45, 2.75) is 25.3 Å². The Bertz CT molecular complexity index is 1390. The predicted octanol–water partition coefficient (Wildman–Crippen LogP) is 3.44. The first-order valence-corrected chi connectivity index (χ1v) is 12.1. The fourth-order valence-corrected chi connectivity index (χ4v) is 5.53. The van der Waals surface area contributed by atoms with Gasteiger partial charge < -0.3 is 13.9 Å². The van der Waals surface area contributed by atoms with Crippen molar-refractivity contribution in [3.8, 4) is 0 Å². The van der Waals surface area contributed by atoms with Crippen LogP contribution in [0.15, 0.2) is 50.5 Å². The lowest BCUT2D eigenvalue weighted by atomic mass is 10.0. The molecule has 2 aromatic carbocycles. The Balaban J connectivity index is 1.60. The van der Waals surface area contributed by atoms with Gasteiger partial charge in [-0.15, -0.1) is 0 Å². The first-order valence-electron chi connectivity index (χ1n) is 10.3. The molecule has 2 heterocycles. The summed E-state index contributed by atoms with van der Waals surface area (Å²) in [6.45, 7) is 4.56. The van der Waals surface area contributed by atoms with Gasteiger partial charge in [0.05, 0.1) is 23.8 Å². The lowest BCUT2D eigenvalue weighted by Crippen LogP contribution is -2.40. The van der Waals surface area contributed by atoms with E-state index in [2.05, 4.69) is 0 Å². The SMILES string of the molecule is Cc1ccc2c(COC(=O)c3ccc(Cl)c(S(=O)(=O)N4CCOCC4)c3)cc(=O)oc2c1C. The molecule has 1 aliphatic rings. The molecule has 0 unspecified atom stereocenters. The second-order valence-corrected chi connectivity index (χ2v) is 10.0. The van der Waals surface area contributed by atoms with E-state index in [1.54, 1.807) is 6.07 Å². The van der Waals surface area contributed by atoms with Crippen LogP contribution in [0.25, 0.3) is 11.0 Å². The van der Waals surface area contributed by atoms with E-state index in [9.17, 15) is 18.0 Å². The summed E-state index contributed by atoms with van der Waals surface area (Å²) in [7, 11) is -3.90. The molecular weight excluding hydrogens is 470 g/mol. The third kappa shape index (κ3) is 4.67. The summed E-state index contributed by atoms with van der Waals surface area (Å²) in [6.07, 6.45) is 0. The number of hydrogen-bond acceptors (Lipinski definition) is 7. The van der Waals surface area contributed by atoms with Gasteiger partial charge in [-0.1, -0.05) is 23.7 Å². The molecule has 1 saturated heterocycles. The van der Waals surface area contributed by atoms with Crippen molar-refractivity contribution in [3.05, 3.63) is 74.1 Å². The smallest absolute Gasteiger partial charge is 0.338 e. The molecule has 1 aliphatic heterocycles. The molecule has 33 heavy (non-hydrogen) atoms. The van der Waals surface area contributed by atoms with Crippen LogP contribution in [-0.2, 0) is 26.1 Å². The van der Waals surface area contributed by atoms with Gasteiger partial charge in [-0.25, -0.2) is 18.0 Å². The van der Waals surface area contributed by atoms with E-state index in [4.69, 9.17) is 25.5 Å². The number of ether oxygens (including phenoxy) is 2. The standard InChI is InChI=1S/C23H22ClNO7S/c1-14-3-5-18-17(12-21(26)32-22(18)15(14)2)13-31-23(27)16-4-6-19(24)20(11-16)33(28,29)25-7-9-30-10-8-25/h3-6,11-12H,7-10,13H2,1-2H3. The molecule has 4 rings (SSSR count). The number of hydrogen-bond donors (Lipinski definition) is 0. The number of esters is 1. The second-order valence-electron chi connectivity index (χ2n) is 7.71. The van der Waals surface area contributed by atoms with E-state index in [-0.39, 0.29) is 48.4 Å². The molecule has 10 heteroatoms. The molecule has 1 fully saturated rings. The van der Waals surface area contributed by atoms with Gasteiger partial charge in [0.1, 0.15) is 17.1 Å². The first kappa shape index (κ1) is 23.4. The maximum Gasteiger partial charge on any atom is 0.338 e. The van der Waals surface area contributed by atoms with Crippen LogP contribution in [-0.4, -0.2) is 45.0 Å². The Morgan fingerprint density at radius 3 is 2.58 bits per heavy atom. The van der Waals surface area contributed by atoms with Gasteiger partial charge in [0.25, 0.3) is 0 Å². The van der Waals surface area contributed by atoms with Crippen molar-refractivity contribution >= 4 is 38.6 Å². The van der Waals surface area contributed by atoms with Crippen molar-refractivity contribution in [2.75, 3.05) is 26.3 Å². The lowest BCUT2D eigenvalue weighted by molar-refractivity contribution is 0.0473. The normalized spacial score (nSPS) is 15.0. The van der Waals surface area contributed by atoms with E-state index in [0.29, 0.717) is 16.5 Å². The number of morpholine rings is 1. The molecule has 0 N–H and O–H groups in total. The summed E-state index contributed by atoms with van der Waals surface area (Å²) >= 11 is 6.15. The number of carbonyl (C=O) groups excluding carboxylic acids is 1. The van der Waals surface area contributed by atoms with Crippen LogP contribution in [0.1, 0.15) is 27.0 Å². The Kier molecular flexibility index (Phi) is 6.58. The van der Waals surface area contributed by atoms with E-state index in [0.717, 1.165) is 11.1 Å². The lowest BCUT2D eigenvalue weighted by Gasteiger charge is -2.26. The molecule has 0 amide bonds. The molecule has 1 aromatic heterocycles. The minimum Gasteiger partial charge on any atom is -0.457 e. The zero-order valence-electron chi connectivity index (χ0n) is 18.1. The largest absolute Gasteiger partial charge is 0.457 e. The zero-order chi connectivity index (χ0) is 23.8. The summed E-state index contributed by atoms with van der Waals surface area (Å²) in [5, 5.41) is 0.674. The van der Waals surface area contributed by atoms with Crippen LogP contribution in [0.2, 0.25) is 5.02 Å². The van der Waals surface area contributed by atoms with Crippen LogP contribution in [0.5, 0.6) is 0 Å². The Morgan fingerprint density at radius 2 is 1.85 bits per heavy atom. The van der Waals surface area contributed by atoms with Gasteiger partial charge in [0, 0.05) is 30.1 Å². The second kappa shape index (κ2) is 9.26. The number of aryl methyl sites for hydroxylation is 2. The highest BCUT2D eigenvalue weighted by molar-refractivity contribution is 7.89. The summed E-state index contributed by atoms with van der Waals surface area (Å²) < 4.78 is 43.2. The maximum absolute atomic E-state index is 13.0. The Hall–Kier alpha value is -2.72. The average Bonchev–Trinajstić information content (AvgIpc) is 2.80. The minimum absolute atomic E-state index is 0.00977. The van der Waals surface area contributed by atoms with E-state index >= 15 is 0 Å². The molecule has 8 nitrogen and oxygen atoms in total. The van der Waals surface area contributed by atoms with E-state index in [1.807, 2.05) is 19.9 Å². The number of nitrogens with zero attached hydrogens (tertiary/aromatic N) is 1. The minimum atomic E-state index is -3.90. The molecule has 0 saturated carbocycles. The molecule has 174 valence electrons. The summed E-state index contributed by atoms with van der Waals surface area (Å²) in [6, 6.07) is 8.93. The van der Waals surface area contributed by atoms with E-state index < -0.39 is 21.6 Å².